The summed E-state index contributed by atoms with van der Waals surface area (Å²) in [5.41, 5.74) is 4.53. The molecule has 0 heterocycles. The van der Waals surface area contributed by atoms with Crippen LogP contribution in [0.4, 0.5) is 0 Å². The number of hydrazone groups is 1. The number of amides is 1. The van der Waals surface area contributed by atoms with Crippen molar-refractivity contribution < 1.29 is 4.79 Å². The Morgan fingerprint density at radius 3 is 2.32 bits per heavy atom. The van der Waals surface area contributed by atoms with Crippen molar-refractivity contribution in [3.05, 3.63) is 34.9 Å². The quantitative estimate of drug-likeness (QED) is 0.353. The molecule has 0 spiro atoms. The van der Waals surface area contributed by atoms with Gasteiger partial charge in [-0.25, -0.2) is 5.43 Å². The van der Waals surface area contributed by atoms with Gasteiger partial charge in [0.15, 0.2) is 0 Å². The van der Waals surface area contributed by atoms with E-state index < -0.39 is 0 Å². The van der Waals surface area contributed by atoms with Crippen molar-refractivity contribution in [3.63, 3.8) is 0 Å². The van der Waals surface area contributed by atoms with Gasteiger partial charge in [0.25, 0.3) is 0 Å². The minimum absolute atomic E-state index is 0.00425. The van der Waals surface area contributed by atoms with Crippen LogP contribution in [0, 0.1) is 0 Å². The molecule has 0 fully saturated rings. The minimum atomic E-state index is -0.00425. The Morgan fingerprint density at radius 1 is 1.05 bits per heavy atom. The predicted octanol–water partition coefficient (Wildman–Crippen LogP) is 5.32. The average Bonchev–Trinajstić information content (AvgIpc) is 2.53. The number of benzene rings is 1. The summed E-state index contributed by atoms with van der Waals surface area (Å²) in [6, 6.07) is 7.51. The highest BCUT2D eigenvalue weighted by Gasteiger charge is 2.04. The zero-order chi connectivity index (χ0) is 16.2. The molecule has 0 unspecified atom stereocenters. The molecule has 1 amide bonds. The van der Waals surface area contributed by atoms with E-state index in [2.05, 4.69) is 17.5 Å². The van der Waals surface area contributed by atoms with Gasteiger partial charge in [-0.15, -0.1) is 0 Å². The predicted molar refractivity (Wildman–Crippen MR) is 94.4 cm³/mol. The van der Waals surface area contributed by atoms with Gasteiger partial charge in [-0.1, -0.05) is 69.7 Å². The van der Waals surface area contributed by atoms with E-state index in [4.69, 9.17) is 11.6 Å². The number of hydrogen-bond acceptors (Lipinski definition) is 2. The van der Waals surface area contributed by atoms with Crippen molar-refractivity contribution in [1.29, 1.82) is 0 Å². The van der Waals surface area contributed by atoms with Crippen LogP contribution in [0.2, 0.25) is 5.02 Å². The standard InChI is InChI=1S/C18H27ClN2O/c1-3-5-6-7-8-9-10-18(22)21-20-17(4-2)15-11-13-16(19)14-12-15/h11-14H,3-10H2,1-2H3,(H,21,22). The fraction of sp³-hybridized carbons (Fsp3) is 0.556. The van der Waals surface area contributed by atoms with Gasteiger partial charge in [0.1, 0.15) is 0 Å². The van der Waals surface area contributed by atoms with E-state index in [9.17, 15) is 4.79 Å². The largest absolute Gasteiger partial charge is 0.273 e. The Bertz CT molecular complexity index is 468. The van der Waals surface area contributed by atoms with Crippen molar-refractivity contribution >= 4 is 23.2 Å². The van der Waals surface area contributed by atoms with E-state index in [1.54, 1.807) is 0 Å². The zero-order valence-electron chi connectivity index (χ0n) is 13.7. The minimum Gasteiger partial charge on any atom is -0.273 e. The summed E-state index contributed by atoms with van der Waals surface area (Å²) in [5, 5.41) is 4.94. The van der Waals surface area contributed by atoms with Crippen LogP contribution in [0.1, 0.15) is 70.8 Å². The molecule has 0 saturated carbocycles. The first-order valence-corrected chi connectivity index (χ1v) is 8.66. The summed E-state index contributed by atoms with van der Waals surface area (Å²) in [5.74, 6) is -0.00425. The Labute approximate surface area is 139 Å². The smallest absolute Gasteiger partial charge is 0.240 e. The highest BCUT2D eigenvalue weighted by Crippen LogP contribution is 2.11. The Morgan fingerprint density at radius 2 is 1.68 bits per heavy atom. The van der Waals surface area contributed by atoms with Crippen molar-refractivity contribution in [3.8, 4) is 0 Å². The van der Waals surface area contributed by atoms with Crippen molar-refractivity contribution in [2.24, 2.45) is 5.10 Å². The lowest BCUT2D eigenvalue weighted by Gasteiger charge is -2.05. The number of hydrogen-bond donors (Lipinski definition) is 1. The second-order valence-corrected chi connectivity index (χ2v) is 5.91. The van der Waals surface area contributed by atoms with Crippen molar-refractivity contribution in [1.82, 2.24) is 5.43 Å². The summed E-state index contributed by atoms with van der Waals surface area (Å²) in [6.07, 6.45) is 8.40. The lowest BCUT2D eigenvalue weighted by Crippen LogP contribution is -2.19. The second kappa shape index (κ2) is 11.2. The number of nitrogens with zero attached hydrogens (tertiary/aromatic N) is 1. The molecular formula is C18H27ClN2O. The molecule has 0 bridgehead atoms. The molecule has 0 aliphatic heterocycles. The van der Waals surface area contributed by atoms with Crippen LogP contribution in [-0.4, -0.2) is 11.6 Å². The van der Waals surface area contributed by atoms with Gasteiger partial charge in [-0.3, -0.25) is 4.79 Å². The van der Waals surface area contributed by atoms with Gasteiger partial charge < -0.3 is 0 Å². The van der Waals surface area contributed by atoms with E-state index in [-0.39, 0.29) is 5.91 Å². The second-order valence-electron chi connectivity index (χ2n) is 5.47. The number of rotatable bonds is 10. The molecule has 22 heavy (non-hydrogen) atoms. The maximum atomic E-state index is 11.8. The number of nitrogens with one attached hydrogen (secondary N) is 1. The van der Waals surface area contributed by atoms with Crippen LogP contribution >= 0.6 is 11.6 Å². The van der Waals surface area contributed by atoms with Crippen LogP contribution in [0.3, 0.4) is 0 Å². The van der Waals surface area contributed by atoms with E-state index in [1.807, 2.05) is 31.2 Å². The van der Waals surface area contributed by atoms with Crippen LogP contribution in [0.25, 0.3) is 0 Å². The van der Waals surface area contributed by atoms with E-state index in [0.717, 1.165) is 30.5 Å². The van der Waals surface area contributed by atoms with Gasteiger partial charge in [0, 0.05) is 11.4 Å². The SMILES string of the molecule is CCCCCCCCC(=O)NN=C(CC)c1ccc(Cl)cc1. The first kappa shape index (κ1) is 18.7. The Hall–Kier alpha value is -1.35. The molecule has 1 N–H and O–H groups in total. The summed E-state index contributed by atoms with van der Waals surface area (Å²) >= 11 is 5.88. The van der Waals surface area contributed by atoms with Crippen LogP contribution in [0.5, 0.6) is 0 Å². The number of carbonyl (C=O) groups is 1. The summed E-state index contributed by atoms with van der Waals surface area (Å²) < 4.78 is 0. The lowest BCUT2D eigenvalue weighted by molar-refractivity contribution is -0.121. The summed E-state index contributed by atoms with van der Waals surface area (Å²) in [7, 11) is 0. The molecule has 0 aliphatic carbocycles. The monoisotopic (exact) mass is 322 g/mol. The molecule has 3 nitrogen and oxygen atoms in total. The van der Waals surface area contributed by atoms with Crippen LogP contribution < -0.4 is 5.43 Å². The van der Waals surface area contributed by atoms with E-state index in [0.29, 0.717) is 11.4 Å². The fourth-order valence-corrected chi connectivity index (χ4v) is 2.37. The van der Waals surface area contributed by atoms with Gasteiger partial charge in [-0.05, 0) is 30.5 Å². The van der Waals surface area contributed by atoms with E-state index >= 15 is 0 Å². The molecule has 1 aromatic carbocycles. The molecular weight excluding hydrogens is 296 g/mol. The lowest BCUT2D eigenvalue weighted by atomic mass is 10.1. The van der Waals surface area contributed by atoms with Gasteiger partial charge >= 0.3 is 0 Å². The molecule has 122 valence electrons. The normalized spacial score (nSPS) is 11.5. The molecule has 1 aromatic rings. The number of carbonyl (C=O) groups excluding carboxylic acids is 1. The third-order valence-electron chi connectivity index (χ3n) is 3.59. The van der Waals surface area contributed by atoms with Crippen molar-refractivity contribution in [2.75, 3.05) is 0 Å². The third kappa shape index (κ3) is 7.60. The number of halogens is 1. The van der Waals surface area contributed by atoms with Crippen molar-refractivity contribution in [2.45, 2.75) is 65.2 Å². The highest BCUT2D eigenvalue weighted by atomic mass is 35.5. The maximum absolute atomic E-state index is 11.8. The first-order valence-electron chi connectivity index (χ1n) is 8.28. The summed E-state index contributed by atoms with van der Waals surface area (Å²) in [6.45, 7) is 4.23. The molecule has 0 radical (unpaired) electrons. The fourth-order valence-electron chi connectivity index (χ4n) is 2.24. The molecule has 0 aliphatic rings. The van der Waals surface area contributed by atoms with Crippen LogP contribution in [-0.2, 0) is 4.79 Å². The molecule has 0 aromatic heterocycles. The number of unbranched alkanes of at least 4 members (excludes halogenated alkanes) is 5. The Balaban J connectivity index is 2.34. The zero-order valence-corrected chi connectivity index (χ0v) is 14.5. The average molecular weight is 323 g/mol. The molecule has 0 atom stereocenters. The molecule has 4 heteroatoms. The third-order valence-corrected chi connectivity index (χ3v) is 3.84. The van der Waals surface area contributed by atoms with Crippen LogP contribution in [0.15, 0.2) is 29.4 Å². The topological polar surface area (TPSA) is 41.5 Å². The maximum Gasteiger partial charge on any atom is 0.240 e. The van der Waals surface area contributed by atoms with E-state index in [1.165, 1.54) is 25.7 Å². The molecule has 0 saturated heterocycles. The molecule has 1 rings (SSSR count). The highest BCUT2D eigenvalue weighted by molar-refractivity contribution is 6.30. The Kier molecular flexibility index (Phi) is 9.56. The van der Waals surface area contributed by atoms with Gasteiger partial charge in [0.05, 0.1) is 5.71 Å². The van der Waals surface area contributed by atoms with Gasteiger partial charge in [-0.2, -0.15) is 5.10 Å². The summed E-state index contributed by atoms with van der Waals surface area (Å²) in [4.78, 5) is 11.8. The van der Waals surface area contributed by atoms with Gasteiger partial charge in [0.2, 0.25) is 5.91 Å². The first-order chi connectivity index (χ1) is 10.7.